The quantitative estimate of drug-likeness (QED) is 0.193. The van der Waals surface area contributed by atoms with Crippen LogP contribution in [0.3, 0.4) is 0 Å². The molecule has 1 fully saturated rings. The molecule has 1 aliphatic heterocycles. The molecule has 0 aromatic heterocycles. The number of carbonyl (C=O) groups is 1. The molecule has 3 aromatic carbocycles. The fraction of sp³-hybridized carbons (Fsp3) is 0.345. The number of hydrogen-bond donors (Lipinski definition) is 1. The van der Waals surface area contributed by atoms with E-state index in [0.717, 1.165) is 20.2 Å². The summed E-state index contributed by atoms with van der Waals surface area (Å²) in [5, 5.41) is -4.64. The molecule has 0 saturated carbocycles. The molecule has 2 atom stereocenters. The van der Waals surface area contributed by atoms with Crippen LogP contribution < -0.4 is 0 Å². The van der Waals surface area contributed by atoms with Crippen molar-refractivity contribution in [2.75, 3.05) is 13.2 Å². The van der Waals surface area contributed by atoms with Crippen LogP contribution in [0, 0.1) is 5.41 Å². The first-order valence-corrected chi connectivity index (χ1v) is 15.1. The summed E-state index contributed by atoms with van der Waals surface area (Å²) in [6.07, 6.45) is -2.39. The Bertz CT molecular complexity index is 1430. The molecule has 1 saturated heterocycles. The normalized spacial score (nSPS) is 18.5. The Morgan fingerprint density at radius 3 is 1.88 bits per heavy atom. The molecule has 0 spiro atoms. The van der Waals surface area contributed by atoms with E-state index in [1.54, 1.807) is 12.1 Å². The first-order valence-electron chi connectivity index (χ1n) is 12.5. The van der Waals surface area contributed by atoms with Gasteiger partial charge >= 0.3 is 21.3 Å². The highest BCUT2D eigenvalue weighted by molar-refractivity contribution is 7.97. The minimum Gasteiger partial charge on any atom is -0.451 e. The number of alkyl halides is 2. The van der Waals surface area contributed by atoms with Gasteiger partial charge in [-0.15, -0.1) is 0 Å². The number of ether oxygens (including phenoxy) is 3. The lowest BCUT2D eigenvalue weighted by molar-refractivity contribution is -0.298. The highest BCUT2D eigenvalue weighted by atomic mass is 32.2. The van der Waals surface area contributed by atoms with Crippen LogP contribution >= 0.6 is 0 Å². The van der Waals surface area contributed by atoms with Crippen LogP contribution in [-0.4, -0.2) is 43.5 Å². The molecule has 0 aliphatic carbocycles. The molecule has 4 rings (SSSR count). The van der Waals surface area contributed by atoms with Gasteiger partial charge in [-0.05, 0) is 74.5 Å². The molecule has 214 valence electrons. The van der Waals surface area contributed by atoms with Crippen molar-refractivity contribution in [3.05, 3.63) is 90.0 Å². The minimum absolute atomic E-state index is 0.0452. The summed E-state index contributed by atoms with van der Waals surface area (Å²) in [6, 6.07) is 24.0. The first kappa shape index (κ1) is 30.1. The molecule has 1 heterocycles. The summed E-state index contributed by atoms with van der Waals surface area (Å²) in [6.45, 7) is 7.91. The van der Waals surface area contributed by atoms with Gasteiger partial charge in [0.2, 0.25) is 0 Å². The molecular formula is C29H31F2O7S2+. The summed E-state index contributed by atoms with van der Waals surface area (Å²) in [5.41, 5.74) is 0.779. The zero-order chi connectivity index (χ0) is 29.3. The van der Waals surface area contributed by atoms with Gasteiger partial charge in [0, 0.05) is 11.0 Å². The van der Waals surface area contributed by atoms with E-state index in [4.69, 9.17) is 14.0 Å². The molecule has 7 nitrogen and oxygen atoms in total. The summed E-state index contributed by atoms with van der Waals surface area (Å²) in [5.74, 6) is -2.00. The summed E-state index contributed by atoms with van der Waals surface area (Å²) < 4.78 is 75.1. The predicted molar refractivity (Wildman–Crippen MR) is 146 cm³/mol. The third-order valence-corrected chi connectivity index (χ3v) is 9.75. The van der Waals surface area contributed by atoms with Crippen molar-refractivity contribution in [3.63, 3.8) is 0 Å². The smallest absolute Gasteiger partial charge is 0.405 e. The van der Waals surface area contributed by atoms with E-state index in [1.165, 1.54) is 12.1 Å². The van der Waals surface area contributed by atoms with E-state index in [-0.39, 0.29) is 11.0 Å². The lowest BCUT2D eigenvalue weighted by Gasteiger charge is -2.41. The Morgan fingerprint density at radius 2 is 1.38 bits per heavy atom. The Balaban J connectivity index is 1.59. The van der Waals surface area contributed by atoms with Gasteiger partial charge in [0.05, 0.1) is 29.7 Å². The van der Waals surface area contributed by atoms with Crippen molar-refractivity contribution in [2.24, 2.45) is 5.41 Å². The van der Waals surface area contributed by atoms with E-state index >= 15 is 0 Å². The maximum atomic E-state index is 13.8. The van der Waals surface area contributed by atoms with E-state index < -0.39 is 44.1 Å². The van der Waals surface area contributed by atoms with E-state index in [9.17, 15) is 22.0 Å². The minimum atomic E-state index is -5.75. The van der Waals surface area contributed by atoms with E-state index in [1.807, 2.05) is 61.5 Å². The highest BCUT2D eigenvalue weighted by Crippen LogP contribution is 2.38. The highest BCUT2D eigenvalue weighted by Gasteiger charge is 2.52. The standard InChI is InChI=1S/C29H30F2O7S2/c1-20(29(30,31)40(33,34)35)38-26(32)21-10-14-24(15-11-21)39(23-8-6-5-7-9-23)25-16-12-22(13-17-25)28(4)36-18-27(2,3)19-37-28/h5-17,20H,18-19H2,1-4H3/p+1. The average molecular weight is 594 g/mol. The maximum absolute atomic E-state index is 13.8. The zero-order valence-electron chi connectivity index (χ0n) is 22.5. The Hall–Kier alpha value is -2.83. The van der Waals surface area contributed by atoms with Crippen LogP contribution in [0.1, 0.15) is 43.6 Å². The largest absolute Gasteiger partial charge is 0.451 e. The molecule has 1 N–H and O–H groups in total. The summed E-state index contributed by atoms with van der Waals surface area (Å²) >= 11 is 0. The molecule has 40 heavy (non-hydrogen) atoms. The van der Waals surface area contributed by atoms with Crippen molar-refractivity contribution < 1.29 is 40.8 Å². The van der Waals surface area contributed by atoms with Crippen LogP contribution in [-0.2, 0) is 41.0 Å². The Kier molecular flexibility index (Phi) is 8.45. The average Bonchev–Trinajstić information content (AvgIpc) is 2.91. The molecule has 0 amide bonds. The van der Waals surface area contributed by atoms with Crippen molar-refractivity contribution in [1.82, 2.24) is 0 Å². The second kappa shape index (κ2) is 11.2. The van der Waals surface area contributed by atoms with Crippen LogP contribution in [0.4, 0.5) is 8.78 Å². The van der Waals surface area contributed by atoms with Crippen molar-refractivity contribution >= 4 is 27.0 Å². The fourth-order valence-electron chi connectivity index (χ4n) is 4.01. The van der Waals surface area contributed by atoms with Crippen LogP contribution in [0.25, 0.3) is 0 Å². The maximum Gasteiger partial charge on any atom is 0.405 e. The monoisotopic (exact) mass is 593 g/mol. The number of carbonyl (C=O) groups excluding carboxylic acids is 1. The number of halogens is 2. The number of esters is 1. The second-order valence-electron chi connectivity index (χ2n) is 10.4. The fourth-order valence-corrected chi connectivity index (χ4v) is 6.54. The molecule has 0 bridgehead atoms. The van der Waals surface area contributed by atoms with Gasteiger partial charge in [0.15, 0.2) is 26.6 Å². The Morgan fingerprint density at radius 1 is 0.900 bits per heavy atom. The molecule has 0 radical (unpaired) electrons. The number of benzene rings is 3. The van der Waals surface area contributed by atoms with Crippen molar-refractivity contribution in [3.8, 4) is 0 Å². The topological polar surface area (TPSA) is 99.1 Å². The molecule has 11 heteroatoms. The SMILES string of the molecule is CC(OC(=O)c1ccc([S+](c2ccccc2)c2ccc(C3(C)OCC(C)(C)CO3)cc2)cc1)C(F)(F)S(=O)(=O)O. The lowest BCUT2D eigenvalue weighted by Crippen LogP contribution is -2.43. The van der Waals surface area contributed by atoms with E-state index in [2.05, 4.69) is 18.6 Å². The number of hydrogen-bond acceptors (Lipinski definition) is 6. The zero-order valence-corrected chi connectivity index (χ0v) is 24.1. The van der Waals surface area contributed by atoms with Gasteiger partial charge in [-0.3, -0.25) is 4.55 Å². The Labute approximate surface area is 235 Å². The number of rotatable bonds is 8. The van der Waals surface area contributed by atoms with Crippen molar-refractivity contribution in [1.29, 1.82) is 0 Å². The lowest BCUT2D eigenvalue weighted by atomic mass is 9.94. The van der Waals surface area contributed by atoms with Crippen molar-refractivity contribution in [2.45, 2.75) is 59.5 Å². The van der Waals surface area contributed by atoms with E-state index in [0.29, 0.717) is 20.1 Å². The third kappa shape index (κ3) is 6.39. The predicted octanol–water partition coefficient (Wildman–Crippen LogP) is 6.05. The van der Waals surface area contributed by atoms with Gasteiger partial charge in [0.1, 0.15) is 0 Å². The van der Waals surface area contributed by atoms with Gasteiger partial charge < -0.3 is 14.2 Å². The van der Waals surface area contributed by atoms with Gasteiger partial charge in [0.25, 0.3) is 0 Å². The van der Waals surface area contributed by atoms with Crippen LogP contribution in [0.2, 0.25) is 0 Å². The van der Waals surface area contributed by atoms with Gasteiger partial charge in [-0.25, -0.2) is 4.79 Å². The van der Waals surface area contributed by atoms with Gasteiger partial charge in [-0.1, -0.05) is 32.0 Å². The van der Waals surface area contributed by atoms with Crippen LogP contribution in [0.5, 0.6) is 0 Å². The van der Waals surface area contributed by atoms with Crippen LogP contribution in [0.15, 0.2) is 93.5 Å². The second-order valence-corrected chi connectivity index (χ2v) is 14.0. The molecular weight excluding hydrogens is 562 g/mol. The third-order valence-electron chi connectivity index (χ3n) is 6.50. The summed E-state index contributed by atoms with van der Waals surface area (Å²) in [4.78, 5) is 15.3. The summed E-state index contributed by atoms with van der Waals surface area (Å²) in [7, 11) is -6.33. The first-order chi connectivity index (χ1) is 18.6. The molecule has 3 aromatic rings. The molecule has 1 aliphatic rings. The van der Waals surface area contributed by atoms with Gasteiger partial charge in [-0.2, -0.15) is 17.2 Å². The molecule has 2 unspecified atom stereocenters.